The highest BCUT2D eigenvalue weighted by Crippen LogP contribution is 2.28. The molecule has 0 heterocycles. The summed E-state index contributed by atoms with van der Waals surface area (Å²) >= 11 is 0. The van der Waals surface area contributed by atoms with Gasteiger partial charge in [-0.2, -0.15) is 0 Å². The third-order valence-electron chi connectivity index (χ3n) is 3.84. The molecule has 0 bridgehead atoms. The Morgan fingerprint density at radius 2 is 1.75 bits per heavy atom. The van der Waals surface area contributed by atoms with Crippen molar-refractivity contribution in [2.45, 2.75) is 51.7 Å². The molecule has 5 heteroatoms. The molecule has 0 atom stereocenters. The first-order valence-corrected chi connectivity index (χ1v) is 8.57. The molecular formula is C19H29N3O2. The van der Waals surface area contributed by atoms with E-state index in [4.69, 9.17) is 0 Å². The summed E-state index contributed by atoms with van der Waals surface area (Å²) in [5.74, 6) is 0.0336. The summed E-state index contributed by atoms with van der Waals surface area (Å²) in [7, 11) is 1.81. The number of nitrogens with zero attached hydrogens (tertiary/aromatic N) is 2. The zero-order valence-electron chi connectivity index (χ0n) is 15.2. The summed E-state index contributed by atoms with van der Waals surface area (Å²) in [6.07, 6.45) is 2.15. The Balaban J connectivity index is 1.87. The number of hydrogen-bond donors (Lipinski definition) is 1. The van der Waals surface area contributed by atoms with Crippen molar-refractivity contribution in [1.29, 1.82) is 0 Å². The summed E-state index contributed by atoms with van der Waals surface area (Å²) in [4.78, 5) is 28.4. The van der Waals surface area contributed by atoms with Crippen LogP contribution in [0.1, 0.15) is 39.2 Å². The Morgan fingerprint density at radius 3 is 2.29 bits per heavy atom. The second-order valence-electron chi connectivity index (χ2n) is 7.71. The summed E-state index contributed by atoms with van der Waals surface area (Å²) in [6.45, 7) is 6.99. The van der Waals surface area contributed by atoms with Crippen molar-refractivity contribution < 1.29 is 9.59 Å². The van der Waals surface area contributed by atoms with Crippen LogP contribution in [0, 0.1) is 0 Å². The molecule has 1 saturated carbocycles. The minimum Gasteiger partial charge on any atom is -0.350 e. The van der Waals surface area contributed by atoms with Gasteiger partial charge >= 0.3 is 0 Å². The van der Waals surface area contributed by atoms with E-state index in [1.165, 1.54) is 0 Å². The maximum Gasteiger partial charge on any atom is 0.237 e. The molecule has 1 aliphatic rings. The Labute approximate surface area is 145 Å². The number of amides is 2. The number of carbonyl (C=O) groups is 2. The van der Waals surface area contributed by atoms with Crippen molar-refractivity contribution in [3.8, 4) is 0 Å². The van der Waals surface area contributed by atoms with Gasteiger partial charge in [0.25, 0.3) is 0 Å². The van der Waals surface area contributed by atoms with Gasteiger partial charge in [0.2, 0.25) is 11.8 Å². The van der Waals surface area contributed by atoms with E-state index < -0.39 is 0 Å². The highest BCUT2D eigenvalue weighted by molar-refractivity contribution is 5.81. The Bertz CT molecular complexity index is 562. The molecule has 24 heavy (non-hydrogen) atoms. The van der Waals surface area contributed by atoms with Crippen LogP contribution >= 0.6 is 0 Å². The number of hydrogen-bond acceptors (Lipinski definition) is 3. The number of likely N-dealkylation sites (N-methyl/N-ethyl adjacent to an activating group) is 1. The average Bonchev–Trinajstić information content (AvgIpc) is 3.27. The molecule has 1 N–H and O–H groups in total. The summed E-state index contributed by atoms with van der Waals surface area (Å²) in [6, 6.07) is 10.4. The lowest BCUT2D eigenvalue weighted by molar-refractivity contribution is -0.134. The van der Waals surface area contributed by atoms with Gasteiger partial charge in [-0.15, -0.1) is 0 Å². The number of nitrogens with one attached hydrogen (secondary N) is 1. The van der Waals surface area contributed by atoms with Gasteiger partial charge in [-0.1, -0.05) is 30.3 Å². The lowest BCUT2D eigenvalue weighted by atomic mass is 10.1. The Hall–Kier alpha value is -1.88. The Kier molecular flexibility index (Phi) is 5.99. The van der Waals surface area contributed by atoms with Crippen molar-refractivity contribution in [3.05, 3.63) is 35.9 Å². The third kappa shape index (κ3) is 6.32. The predicted molar refractivity (Wildman–Crippen MR) is 95.4 cm³/mol. The van der Waals surface area contributed by atoms with Crippen LogP contribution in [0.15, 0.2) is 30.3 Å². The van der Waals surface area contributed by atoms with Gasteiger partial charge in [0.15, 0.2) is 0 Å². The smallest absolute Gasteiger partial charge is 0.237 e. The second-order valence-corrected chi connectivity index (χ2v) is 7.71. The molecule has 0 unspecified atom stereocenters. The Morgan fingerprint density at radius 1 is 1.12 bits per heavy atom. The van der Waals surface area contributed by atoms with Crippen molar-refractivity contribution in [2.75, 3.05) is 20.1 Å². The lowest BCUT2D eigenvalue weighted by Gasteiger charge is -2.26. The molecule has 0 spiro atoms. The van der Waals surface area contributed by atoms with Crippen molar-refractivity contribution in [3.63, 3.8) is 0 Å². The molecule has 0 aliphatic heterocycles. The molecule has 2 amide bonds. The van der Waals surface area contributed by atoms with Crippen LogP contribution in [0.4, 0.5) is 0 Å². The molecule has 1 aromatic carbocycles. The molecule has 0 saturated heterocycles. The van der Waals surface area contributed by atoms with Gasteiger partial charge in [0, 0.05) is 18.1 Å². The first-order chi connectivity index (χ1) is 11.2. The second kappa shape index (κ2) is 7.79. The van der Waals surface area contributed by atoms with Crippen LogP contribution in [-0.4, -0.2) is 53.3 Å². The largest absolute Gasteiger partial charge is 0.350 e. The summed E-state index contributed by atoms with van der Waals surface area (Å²) in [5.41, 5.74) is 0.890. The van der Waals surface area contributed by atoms with Crippen molar-refractivity contribution in [2.24, 2.45) is 0 Å². The monoisotopic (exact) mass is 331 g/mol. The first kappa shape index (κ1) is 18.5. The van der Waals surface area contributed by atoms with Crippen LogP contribution in [0.5, 0.6) is 0 Å². The topological polar surface area (TPSA) is 52.7 Å². The van der Waals surface area contributed by atoms with E-state index in [1.807, 2.05) is 63.1 Å². The van der Waals surface area contributed by atoms with E-state index in [-0.39, 0.29) is 30.4 Å². The van der Waals surface area contributed by atoms with Gasteiger partial charge in [0.1, 0.15) is 0 Å². The maximum absolute atomic E-state index is 12.7. The van der Waals surface area contributed by atoms with Gasteiger partial charge in [-0.25, -0.2) is 0 Å². The van der Waals surface area contributed by atoms with E-state index in [9.17, 15) is 9.59 Å². The molecular weight excluding hydrogens is 302 g/mol. The minimum absolute atomic E-state index is 0.0566. The number of benzene rings is 1. The fraction of sp³-hybridized carbons (Fsp3) is 0.579. The number of rotatable bonds is 7. The van der Waals surface area contributed by atoms with Crippen LogP contribution in [0.25, 0.3) is 0 Å². The molecule has 0 radical (unpaired) electrons. The highest BCUT2D eigenvalue weighted by Gasteiger charge is 2.32. The van der Waals surface area contributed by atoms with Crippen LogP contribution in [0.2, 0.25) is 0 Å². The SMILES string of the molecule is CN(CC(=O)NC(C)(C)C)CC(=O)N(Cc1ccccc1)C1CC1. The third-order valence-corrected chi connectivity index (χ3v) is 3.84. The molecule has 1 aromatic rings. The molecule has 2 rings (SSSR count). The standard InChI is InChI=1S/C19H29N3O2/c1-19(2,3)20-17(23)13-21(4)14-18(24)22(16-10-11-16)12-15-8-6-5-7-9-15/h5-9,16H,10-14H2,1-4H3,(H,20,23). The molecule has 1 fully saturated rings. The van der Waals surface area contributed by atoms with E-state index in [0.29, 0.717) is 12.6 Å². The van der Waals surface area contributed by atoms with Gasteiger partial charge < -0.3 is 10.2 Å². The van der Waals surface area contributed by atoms with E-state index >= 15 is 0 Å². The van der Waals surface area contributed by atoms with E-state index in [0.717, 1.165) is 18.4 Å². The lowest BCUT2D eigenvalue weighted by Crippen LogP contribution is -2.47. The zero-order valence-corrected chi connectivity index (χ0v) is 15.2. The summed E-state index contributed by atoms with van der Waals surface area (Å²) < 4.78 is 0. The van der Waals surface area contributed by atoms with Crippen molar-refractivity contribution >= 4 is 11.8 Å². The first-order valence-electron chi connectivity index (χ1n) is 8.57. The average molecular weight is 331 g/mol. The molecule has 1 aliphatic carbocycles. The van der Waals surface area contributed by atoms with E-state index in [1.54, 1.807) is 4.90 Å². The minimum atomic E-state index is -0.255. The van der Waals surface area contributed by atoms with Gasteiger partial charge in [0.05, 0.1) is 13.1 Å². The maximum atomic E-state index is 12.7. The molecule has 0 aromatic heterocycles. The van der Waals surface area contributed by atoms with Crippen LogP contribution in [-0.2, 0) is 16.1 Å². The van der Waals surface area contributed by atoms with E-state index in [2.05, 4.69) is 5.32 Å². The zero-order chi connectivity index (χ0) is 17.7. The van der Waals surface area contributed by atoms with Gasteiger partial charge in [-0.3, -0.25) is 14.5 Å². The fourth-order valence-electron chi connectivity index (χ4n) is 2.67. The highest BCUT2D eigenvalue weighted by atomic mass is 16.2. The predicted octanol–water partition coefficient (Wildman–Crippen LogP) is 2.02. The molecule has 5 nitrogen and oxygen atoms in total. The van der Waals surface area contributed by atoms with Crippen LogP contribution in [0.3, 0.4) is 0 Å². The van der Waals surface area contributed by atoms with Crippen LogP contribution < -0.4 is 5.32 Å². The quantitative estimate of drug-likeness (QED) is 0.832. The number of carbonyl (C=O) groups excluding carboxylic acids is 2. The fourth-order valence-corrected chi connectivity index (χ4v) is 2.67. The van der Waals surface area contributed by atoms with Crippen molar-refractivity contribution in [1.82, 2.24) is 15.1 Å². The normalized spacial score (nSPS) is 14.5. The van der Waals surface area contributed by atoms with Gasteiger partial charge in [-0.05, 0) is 46.2 Å². The molecule has 132 valence electrons. The summed E-state index contributed by atoms with van der Waals surface area (Å²) in [5, 5.41) is 2.92.